The Hall–Kier alpha value is -1.84. The van der Waals surface area contributed by atoms with Crippen molar-refractivity contribution in [3.8, 4) is 5.75 Å². The molecule has 1 heterocycles. The van der Waals surface area contributed by atoms with Crippen LogP contribution in [0.3, 0.4) is 0 Å². The van der Waals surface area contributed by atoms with Crippen LogP contribution in [0.2, 0.25) is 0 Å². The van der Waals surface area contributed by atoms with Crippen LogP contribution in [-0.4, -0.2) is 36.2 Å². The maximum atomic E-state index is 12.2. The van der Waals surface area contributed by atoms with Crippen molar-refractivity contribution in [1.82, 2.24) is 4.90 Å². The minimum Gasteiger partial charge on any atom is -0.494 e. The number of aliphatic hydroxyl groups is 1. The maximum absolute atomic E-state index is 12.2. The zero-order chi connectivity index (χ0) is 20.5. The molecule has 0 radical (unpaired) electrons. The molecular weight excluding hydrogens is 358 g/mol. The second-order valence-corrected chi connectivity index (χ2v) is 8.31. The molecule has 3 nitrogen and oxygen atoms in total. The Balaban J connectivity index is 1.96. The highest BCUT2D eigenvalue weighted by molar-refractivity contribution is 5.35. The Morgan fingerprint density at radius 2 is 1.59 bits per heavy atom. The minimum absolute atomic E-state index is 0.0414. The summed E-state index contributed by atoms with van der Waals surface area (Å²) >= 11 is 0. The summed E-state index contributed by atoms with van der Waals surface area (Å²) in [6, 6.07) is 18.7. The van der Waals surface area contributed by atoms with Crippen molar-refractivity contribution in [2.75, 3.05) is 26.2 Å². The van der Waals surface area contributed by atoms with Crippen LogP contribution in [-0.2, 0) is 5.60 Å². The molecule has 2 atom stereocenters. The molecule has 0 bridgehead atoms. The van der Waals surface area contributed by atoms with Crippen molar-refractivity contribution < 1.29 is 9.84 Å². The predicted octanol–water partition coefficient (Wildman–Crippen LogP) is 5.73. The van der Waals surface area contributed by atoms with Gasteiger partial charge in [-0.3, -0.25) is 0 Å². The van der Waals surface area contributed by atoms with Crippen molar-refractivity contribution in [3.05, 3.63) is 65.7 Å². The summed E-state index contributed by atoms with van der Waals surface area (Å²) in [6.07, 6.45) is 6.85. The van der Waals surface area contributed by atoms with Gasteiger partial charge in [0.1, 0.15) is 5.75 Å². The van der Waals surface area contributed by atoms with E-state index in [-0.39, 0.29) is 5.92 Å². The van der Waals surface area contributed by atoms with Gasteiger partial charge in [-0.1, -0.05) is 68.7 Å². The van der Waals surface area contributed by atoms with Crippen LogP contribution in [0.1, 0.15) is 69.4 Å². The molecule has 1 aliphatic rings. The number of likely N-dealkylation sites (tertiary alicyclic amines) is 1. The first-order chi connectivity index (χ1) is 14.2. The normalized spacial score (nSPS) is 18.6. The molecule has 3 rings (SSSR count). The van der Waals surface area contributed by atoms with E-state index in [4.69, 9.17) is 4.74 Å². The van der Waals surface area contributed by atoms with Crippen molar-refractivity contribution in [1.29, 1.82) is 0 Å². The zero-order valence-corrected chi connectivity index (χ0v) is 18.1. The molecule has 0 amide bonds. The smallest absolute Gasteiger partial charge is 0.119 e. The molecule has 0 unspecified atom stereocenters. The van der Waals surface area contributed by atoms with E-state index in [9.17, 15) is 5.11 Å². The monoisotopic (exact) mass is 395 g/mol. The maximum Gasteiger partial charge on any atom is 0.119 e. The lowest BCUT2D eigenvalue weighted by molar-refractivity contribution is -0.0134. The molecule has 1 saturated heterocycles. The number of benzene rings is 2. The topological polar surface area (TPSA) is 32.7 Å². The van der Waals surface area contributed by atoms with Gasteiger partial charge < -0.3 is 14.7 Å². The summed E-state index contributed by atoms with van der Waals surface area (Å²) in [5.74, 6) is 0.901. The summed E-state index contributed by atoms with van der Waals surface area (Å²) in [7, 11) is 0. The van der Waals surface area contributed by atoms with Gasteiger partial charge in [-0.25, -0.2) is 0 Å². The van der Waals surface area contributed by atoms with E-state index in [0.717, 1.165) is 43.8 Å². The molecule has 0 saturated carbocycles. The summed E-state index contributed by atoms with van der Waals surface area (Å²) < 4.78 is 5.62. The summed E-state index contributed by atoms with van der Waals surface area (Å²) in [5.41, 5.74) is 1.32. The van der Waals surface area contributed by atoms with E-state index < -0.39 is 5.60 Å². The molecule has 0 spiro atoms. The number of hydrogen-bond donors (Lipinski definition) is 1. The van der Waals surface area contributed by atoms with Gasteiger partial charge >= 0.3 is 0 Å². The SMILES string of the molecule is CCC[C@](O)(c1ccc(OCC)cc1)[C@@H](CN1CCCCCC1)c1ccccc1. The highest BCUT2D eigenvalue weighted by atomic mass is 16.5. The highest BCUT2D eigenvalue weighted by Gasteiger charge is 2.39. The van der Waals surface area contributed by atoms with E-state index in [2.05, 4.69) is 54.3 Å². The fraction of sp³-hybridized carbons (Fsp3) is 0.538. The second-order valence-electron chi connectivity index (χ2n) is 8.31. The second kappa shape index (κ2) is 10.8. The fourth-order valence-electron chi connectivity index (χ4n) is 4.70. The lowest BCUT2D eigenvalue weighted by atomic mass is 9.74. The zero-order valence-electron chi connectivity index (χ0n) is 18.1. The van der Waals surface area contributed by atoms with E-state index in [1.54, 1.807) is 0 Å². The molecule has 1 aliphatic heterocycles. The molecule has 3 heteroatoms. The van der Waals surface area contributed by atoms with Crippen LogP contribution >= 0.6 is 0 Å². The van der Waals surface area contributed by atoms with Gasteiger partial charge in [-0.2, -0.15) is 0 Å². The summed E-state index contributed by atoms with van der Waals surface area (Å²) in [5, 5.41) is 12.2. The molecule has 1 fully saturated rings. The van der Waals surface area contributed by atoms with Crippen molar-refractivity contribution >= 4 is 0 Å². The van der Waals surface area contributed by atoms with Gasteiger partial charge in [0.15, 0.2) is 0 Å². The first-order valence-electron chi connectivity index (χ1n) is 11.4. The molecule has 2 aromatic rings. The Bertz CT molecular complexity index is 707. The molecule has 29 heavy (non-hydrogen) atoms. The quantitative estimate of drug-likeness (QED) is 0.588. The van der Waals surface area contributed by atoms with E-state index in [1.807, 2.05) is 19.1 Å². The molecule has 0 aliphatic carbocycles. The number of rotatable bonds is 9. The van der Waals surface area contributed by atoms with Crippen molar-refractivity contribution in [2.24, 2.45) is 0 Å². The Morgan fingerprint density at radius 3 is 2.17 bits per heavy atom. The third-order valence-corrected chi connectivity index (χ3v) is 6.21. The summed E-state index contributed by atoms with van der Waals surface area (Å²) in [6.45, 7) is 7.97. The van der Waals surface area contributed by atoms with Gasteiger partial charge in [0.25, 0.3) is 0 Å². The minimum atomic E-state index is -0.896. The Kier molecular flexibility index (Phi) is 8.14. The van der Waals surface area contributed by atoms with Crippen LogP contribution in [0.15, 0.2) is 54.6 Å². The van der Waals surface area contributed by atoms with Gasteiger partial charge in [-0.15, -0.1) is 0 Å². The van der Waals surface area contributed by atoms with Crippen LogP contribution < -0.4 is 4.74 Å². The standard InChI is InChI=1S/C26H37NO2/c1-3-18-26(28,23-14-16-24(17-15-23)29-4-2)25(22-12-8-7-9-13-22)21-27-19-10-5-6-11-20-27/h7-9,12-17,25,28H,3-6,10-11,18-21H2,1-2H3/t25-,26-/m0/s1. The third-order valence-electron chi connectivity index (χ3n) is 6.21. The van der Waals surface area contributed by atoms with Crippen molar-refractivity contribution in [2.45, 2.75) is 63.9 Å². The molecule has 1 N–H and O–H groups in total. The van der Waals surface area contributed by atoms with Crippen molar-refractivity contribution in [3.63, 3.8) is 0 Å². The van der Waals surface area contributed by atoms with Crippen LogP contribution in [0.5, 0.6) is 5.75 Å². The lowest BCUT2D eigenvalue weighted by Crippen LogP contribution is -2.41. The first-order valence-corrected chi connectivity index (χ1v) is 11.4. The average Bonchev–Trinajstić information content (AvgIpc) is 3.02. The van der Waals surface area contributed by atoms with Gasteiger partial charge in [0.05, 0.1) is 12.2 Å². The average molecular weight is 396 g/mol. The number of hydrogen-bond acceptors (Lipinski definition) is 3. The highest BCUT2D eigenvalue weighted by Crippen LogP contribution is 2.42. The van der Waals surface area contributed by atoms with E-state index in [0.29, 0.717) is 6.61 Å². The molecule has 2 aromatic carbocycles. The fourth-order valence-corrected chi connectivity index (χ4v) is 4.70. The van der Waals surface area contributed by atoms with Crippen LogP contribution in [0, 0.1) is 0 Å². The van der Waals surface area contributed by atoms with Gasteiger partial charge in [-0.05, 0) is 62.5 Å². The Labute approximate surface area is 176 Å². The summed E-state index contributed by atoms with van der Waals surface area (Å²) in [4.78, 5) is 2.57. The van der Waals surface area contributed by atoms with Crippen LogP contribution in [0.25, 0.3) is 0 Å². The lowest BCUT2D eigenvalue weighted by Gasteiger charge is -2.40. The Morgan fingerprint density at radius 1 is 0.931 bits per heavy atom. The predicted molar refractivity (Wildman–Crippen MR) is 121 cm³/mol. The molecular formula is C26H37NO2. The van der Waals surface area contributed by atoms with Gasteiger partial charge in [0, 0.05) is 12.5 Å². The van der Waals surface area contributed by atoms with E-state index in [1.165, 1.54) is 31.2 Å². The van der Waals surface area contributed by atoms with E-state index >= 15 is 0 Å². The molecule has 158 valence electrons. The molecule has 0 aromatic heterocycles. The third kappa shape index (κ3) is 5.61. The van der Waals surface area contributed by atoms with Gasteiger partial charge in [0.2, 0.25) is 0 Å². The number of ether oxygens (including phenoxy) is 1. The first kappa shape index (κ1) is 21.9. The van der Waals surface area contributed by atoms with Crippen LogP contribution in [0.4, 0.5) is 0 Å². The number of nitrogens with zero attached hydrogens (tertiary/aromatic N) is 1. The largest absolute Gasteiger partial charge is 0.494 e.